The summed E-state index contributed by atoms with van der Waals surface area (Å²) in [6.45, 7) is 2.06. The molecule has 1 N–H and O–H groups in total. The lowest BCUT2D eigenvalue weighted by Gasteiger charge is -2.13. The summed E-state index contributed by atoms with van der Waals surface area (Å²) in [4.78, 5) is 0.287. The van der Waals surface area contributed by atoms with E-state index < -0.39 is 10.0 Å². The number of sulfonamides is 1. The van der Waals surface area contributed by atoms with Crippen LogP contribution in [-0.2, 0) is 10.0 Å². The molecule has 0 saturated heterocycles. The molecule has 3 aromatic carbocycles. The summed E-state index contributed by atoms with van der Waals surface area (Å²) in [5.74, 6) is 0. The first-order valence-corrected chi connectivity index (χ1v) is 9.20. The molecule has 122 valence electrons. The lowest BCUT2D eigenvalue weighted by Crippen LogP contribution is -2.19. The standard InChI is InChI=1S/C20H19NO2S/c1-15-12-13-17(14-19(15)16-8-4-3-5-9-16)18-10-6-7-11-20(18)24(22,23)21-2/h3-14,21H,1-2H3. The quantitative estimate of drug-likeness (QED) is 0.774. The minimum atomic E-state index is -3.51. The van der Waals surface area contributed by atoms with Crippen LogP contribution < -0.4 is 4.72 Å². The summed E-state index contributed by atoms with van der Waals surface area (Å²) in [6, 6.07) is 23.2. The highest BCUT2D eigenvalue weighted by Crippen LogP contribution is 2.32. The molecule has 3 aromatic rings. The van der Waals surface area contributed by atoms with Crippen LogP contribution in [0, 0.1) is 6.92 Å². The maximum absolute atomic E-state index is 12.3. The molecule has 0 bridgehead atoms. The van der Waals surface area contributed by atoms with Crippen molar-refractivity contribution in [3.05, 3.63) is 78.4 Å². The molecule has 0 amide bonds. The fourth-order valence-electron chi connectivity index (χ4n) is 2.77. The number of rotatable bonds is 4. The Balaban J connectivity index is 2.20. The minimum absolute atomic E-state index is 0.287. The minimum Gasteiger partial charge on any atom is -0.214 e. The fraction of sp³-hybridized carbons (Fsp3) is 0.100. The van der Waals surface area contributed by atoms with Gasteiger partial charge in [0, 0.05) is 5.56 Å². The average Bonchev–Trinajstić information content (AvgIpc) is 2.63. The molecular formula is C20H19NO2S. The Labute approximate surface area is 143 Å². The zero-order chi connectivity index (χ0) is 17.2. The van der Waals surface area contributed by atoms with Crippen molar-refractivity contribution in [1.82, 2.24) is 4.72 Å². The SMILES string of the molecule is CNS(=O)(=O)c1ccccc1-c1ccc(C)c(-c2ccccc2)c1. The first-order chi connectivity index (χ1) is 11.5. The molecule has 0 saturated carbocycles. The third kappa shape index (κ3) is 3.11. The summed E-state index contributed by atoms with van der Waals surface area (Å²) < 4.78 is 27.0. The summed E-state index contributed by atoms with van der Waals surface area (Å²) in [5, 5.41) is 0. The van der Waals surface area contributed by atoms with Crippen LogP contribution in [0.5, 0.6) is 0 Å². The summed E-state index contributed by atoms with van der Waals surface area (Å²) >= 11 is 0. The molecule has 0 spiro atoms. The average molecular weight is 337 g/mol. The molecule has 3 rings (SSSR count). The Morgan fingerprint density at radius 2 is 1.42 bits per heavy atom. The van der Waals surface area contributed by atoms with Gasteiger partial charge in [-0.15, -0.1) is 0 Å². The highest BCUT2D eigenvalue weighted by atomic mass is 32.2. The summed E-state index contributed by atoms with van der Waals surface area (Å²) in [7, 11) is -2.09. The van der Waals surface area contributed by atoms with Crippen molar-refractivity contribution in [2.45, 2.75) is 11.8 Å². The number of benzene rings is 3. The van der Waals surface area contributed by atoms with Crippen LogP contribution in [0.3, 0.4) is 0 Å². The second-order valence-corrected chi connectivity index (χ2v) is 7.45. The molecule has 0 aliphatic heterocycles. The largest absolute Gasteiger partial charge is 0.240 e. The van der Waals surface area contributed by atoms with Crippen molar-refractivity contribution >= 4 is 10.0 Å². The van der Waals surface area contributed by atoms with E-state index in [0.717, 1.165) is 22.3 Å². The Kier molecular flexibility index (Phi) is 4.51. The molecule has 0 aliphatic carbocycles. The van der Waals surface area contributed by atoms with E-state index >= 15 is 0 Å². The highest BCUT2D eigenvalue weighted by Gasteiger charge is 2.17. The maximum Gasteiger partial charge on any atom is 0.240 e. The number of aryl methyl sites for hydroxylation is 1. The Hall–Kier alpha value is -2.43. The van der Waals surface area contributed by atoms with Crippen LogP contribution >= 0.6 is 0 Å². The van der Waals surface area contributed by atoms with E-state index in [1.165, 1.54) is 7.05 Å². The van der Waals surface area contributed by atoms with Crippen LogP contribution in [0.25, 0.3) is 22.3 Å². The van der Waals surface area contributed by atoms with Crippen molar-refractivity contribution in [3.8, 4) is 22.3 Å². The molecule has 24 heavy (non-hydrogen) atoms. The number of nitrogens with one attached hydrogen (secondary N) is 1. The Bertz CT molecular complexity index is 964. The second kappa shape index (κ2) is 6.59. The molecule has 0 unspecified atom stereocenters. The van der Waals surface area contributed by atoms with Gasteiger partial charge < -0.3 is 0 Å². The van der Waals surface area contributed by atoms with Crippen molar-refractivity contribution in [3.63, 3.8) is 0 Å². The topological polar surface area (TPSA) is 46.2 Å². The molecule has 0 aliphatic rings. The third-order valence-electron chi connectivity index (χ3n) is 4.08. The molecule has 0 atom stereocenters. The van der Waals surface area contributed by atoms with Crippen molar-refractivity contribution in [2.24, 2.45) is 0 Å². The van der Waals surface area contributed by atoms with E-state index in [-0.39, 0.29) is 4.90 Å². The molecule has 3 nitrogen and oxygen atoms in total. The van der Waals surface area contributed by atoms with E-state index in [4.69, 9.17) is 0 Å². The number of hydrogen-bond acceptors (Lipinski definition) is 2. The van der Waals surface area contributed by atoms with E-state index in [2.05, 4.69) is 29.8 Å². The Morgan fingerprint density at radius 1 is 0.750 bits per heavy atom. The van der Waals surface area contributed by atoms with Crippen LogP contribution in [0.15, 0.2) is 77.7 Å². The van der Waals surface area contributed by atoms with Gasteiger partial charge in [0.1, 0.15) is 0 Å². The van der Waals surface area contributed by atoms with Gasteiger partial charge in [0.05, 0.1) is 4.90 Å². The monoisotopic (exact) mass is 337 g/mol. The van der Waals surface area contributed by atoms with Crippen LogP contribution in [0.1, 0.15) is 5.56 Å². The second-order valence-electron chi connectivity index (χ2n) is 5.60. The predicted molar refractivity (Wildman–Crippen MR) is 98.3 cm³/mol. The van der Waals surface area contributed by atoms with Gasteiger partial charge in [0.15, 0.2) is 0 Å². The third-order valence-corrected chi connectivity index (χ3v) is 5.55. The van der Waals surface area contributed by atoms with Crippen LogP contribution in [0.2, 0.25) is 0 Å². The van der Waals surface area contributed by atoms with Gasteiger partial charge in [-0.05, 0) is 48.4 Å². The lowest BCUT2D eigenvalue weighted by molar-refractivity contribution is 0.588. The fourth-order valence-corrected chi connectivity index (χ4v) is 3.72. The highest BCUT2D eigenvalue weighted by molar-refractivity contribution is 7.89. The first kappa shape index (κ1) is 16.4. The smallest absolute Gasteiger partial charge is 0.214 e. The molecular weight excluding hydrogens is 318 g/mol. The van der Waals surface area contributed by atoms with Gasteiger partial charge in [-0.25, -0.2) is 13.1 Å². The van der Waals surface area contributed by atoms with E-state index in [1.807, 2.05) is 42.5 Å². The predicted octanol–water partition coefficient (Wildman–Crippen LogP) is 4.24. The van der Waals surface area contributed by atoms with E-state index in [0.29, 0.717) is 5.56 Å². The van der Waals surface area contributed by atoms with Crippen molar-refractivity contribution in [1.29, 1.82) is 0 Å². The normalized spacial score (nSPS) is 11.4. The molecule has 0 fully saturated rings. The molecule has 4 heteroatoms. The number of hydrogen-bond donors (Lipinski definition) is 1. The first-order valence-electron chi connectivity index (χ1n) is 7.72. The van der Waals surface area contributed by atoms with Gasteiger partial charge in [0.25, 0.3) is 0 Å². The lowest BCUT2D eigenvalue weighted by atomic mass is 9.95. The molecule has 0 aromatic heterocycles. The van der Waals surface area contributed by atoms with E-state index in [1.54, 1.807) is 12.1 Å². The van der Waals surface area contributed by atoms with Crippen LogP contribution in [0.4, 0.5) is 0 Å². The maximum atomic E-state index is 12.3. The zero-order valence-corrected chi connectivity index (χ0v) is 14.5. The summed E-state index contributed by atoms with van der Waals surface area (Å²) in [5.41, 5.74) is 4.95. The Morgan fingerprint density at radius 3 is 2.12 bits per heavy atom. The molecule has 0 radical (unpaired) electrons. The van der Waals surface area contributed by atoms with Crippen molar-refractivity contribution < 1.29 is 8.42 Å². The van der Waals surface area contributed by atoms with Crippen LogP contribution in [-0.4, -0.2) is 15.5 Å². The van der Waals surface area contributed by atoms with Gasteiger partial charge in [-0.2, -0.15) is 0 Å². The van der Waals surface area contributed by atoms with Crippen molar-refractivity contribution in [2.75, 3.05) is 7.05 Å². The zero-order valence-electron chi connectivity index (χ0n) is 13.7. The van der Waals surface area contributed by atoms with Gasteiger partial charge in [-0.1, -0.05) is 60.7 Å². The summed E-state index contributed by atoms with van der Waals surface area (Å²) in [6.07, 6.45) is 0. The van der Waals surface area contributed by atoms with E-state index in [9.17, 15) is 8.42 Å². The van der Waals surface area contributed by atoms with Gasteiger partial charge in [0.2, 0.25) is 10.0 Å². The van der Waals surface area contributed by atoms with Gasteiger partial charge in [-0.3, -0.25) is 0 Å². The molecule has 0 heterocycles. The van der Waals surface area contributed by atoms with Gasteiger partial charge >= 0.3 is 0 Å².